The maximum absolute atomic E-state index is 10.1. The molecule has 0 radical (unpaired) electrons. The van der Waals surface area contributed by atoms with Gasteiger partial charge in [-0.1, -0.05) is 30.3 Å². The van der Waals surface area contributed by atoms with E-state index in [9.17, 15) is 5.11 Å². The first-order valence-corrected chi connectivity index (χ1v) is 9.37. The van der Waals surface area contributed by atoms with Crippen LogP contribution in [0.5, 0.6) is 17.4 Å². The molecule has 1 aliphatic heterocycles. The molecule has 2 heterocycles. The minimum Gasteiger partial charge on any atom is -0.496 e. The molecule has 5 nitrogen and oxygen atoms in total. The molecule has 1 aromatic heterocycles. The Labute approximate surface area is 164 Å². The summed E-state index contributed by atoms with van der Waals surface area (Å²) in [4.78, 5) is 8.00. The van der Waals surface area contributed by atoms with Crippen LogP contribution in [0.1, 0.15) is 16.0 Å². The fraction of sp³-hybridized carbons (Fsp3) is 0.100. The number of aromatic hydroxyl groups is 1. The van der Waals surface area contributed by atoms with Crippen molar-refractivity contribution in [2.75, 3.05) is 14.2 Å². The van der Waals surface area contributed by atoms with Gasteiger partial charge in [0.1, 0.15) is 11.5 Å². The quantitative estimate of drug-likeness (QED) is 0.664. The zero-order valence-corrected chi connectivity index (χ0v) is 16.3. The summed E-state index contributed by atoms with van der Waals surface area (Å²) in [5, 5.41) is 11.6. The van der Waals surface area contributed by atoms with Crippen molar-refractivity contribution < 1.29 is 14.6 Å². The second-order valence-corrected chi connectivity index (χ2v) is 7.55. The summed E-state index contributed by atoms with van der Waals surface area (Å²) in [6.45, 7) is 0. The summed E-state index contributed by atoms with van der Waals surface area (Å²) in [6.07, 6.45) is 3.66. The molecule has 136 valence electrons. The SMILES string of the molecule is COc1cc(OC)c(=Cc2sc(=S)[nH]c2O)c2c1C(c1ccccc1)=CN=2. The van der Waals surface area contributed by atoms with E-state index in [-0.39, 0.29) is 5.88 Å². The normalized spacial score (nSPS) is 13.1. The van der Waals surface area contributed by atoms with Crippen LogP contribution in [0.4, 0.5) is 0 Å². The molecule has 7 heteroatoms. The molecule has 3 aromatic rings. The van der Waals surface area contributed by atoms with E-state index in [4.69, 9.17) is 21.7 Å². The van der Waals surface area contributed by atoms with Crippen molar-refractivity contribution in [1.82, 2.24) is 4.98 Å². The highest BCUT2D eigenvalue weighted by molar-refractivity contribution is 7.73. The topological polar surface area (TPSA) is 66.8 Å². The summed E-state index contributed by atoms with van der Waals surface area (Å²) in [7, 11) is 3.22. The summed E-state index contributed by atoms with van der Waals surface area (Å²) in [5.41, 5.74) is 2.93. The van der Waals surface area contributed by atoms with Crippen LogP contribution in [-0.4, -0.2) is 24.3 Å². The average molecular weight is 396 g/mol. The van der Waals surface area contributed by atoms with Crippen LogP contribution >= 0.6 is 23.6 Å². The number of nitrogens with zero attached hydrogens (tertiary/aromatic N) is 1. The average Bonchev–Trinajstić information content (AvgIpc) is 3.26. The molecular weight excluding hydrogens is 380 g/mol. The molecule has 0 spiro atoms. The van der Waals surface area contributed by atoms with Gasteiger partial charge in [0.05, 0.1) is 30.0 Å². The van der Waals surface area contributed by atoms with Crippen molar-refractivity contribution >= 4 is 35.2 Å². The van der Waals surface area contributed by atoms with Crippen molar-refractivity contribution in [3.63, 3.8) is 0 Å². The van der Waals surface area contributed by atoms with E-state index < -0.39 is 0 Å². The molecule has 27 heavy (non-hydrogen) atoms. The molecule has 0 saturated carbocycles. The van der Waals surface area contributed by atoms with Gasteiger partial charge in [-0.3, -0.25) is 4.99 Å². The van der Waals surface area contributed by atoms with Crippen LogP contribution in [0, 0.1) is 3.95 Å². The van der Waals surface area contributed by atoms with Crippen molar-refractivity contribution in [2.24, 2.45) is 4.99 Å². The van der Waals surface area contributed by atoms with Crippen LogP contribution < -0.4 is 20.0 Å². The van der Waals surface area contributed by atoms with E-state index in [0.717, 1.165) is 27.3 Å². The Morgan fingerprint density at radius 2 is 1.89 bits per heavy atom. The van der Waals surface area contributed by atoms with E-state index in [1.54, 1.807) is 14.2 Å². The molecule has 1 aliphatic rings. The van der Waals surface area contributed by atoms with Gasteiger partial charge in [0, 0.05) is 23.1 Å². The Balaban J connectivity index is 2.02. The highest BCUT2D eigenvalue weighted by Crippen LogP contribution is 2.32. The van der Waals surface area contributed by atoms with Crippen LogP contribution in [0.25, 0.3) is 11.6 Å². The number of rotatable bonds is 4. The number of nitrogens with one attached hydrogen (secondary N) is 1. The number of aromatic amines is 1. The Bertz CT molecular complexity index is 1220. The smallest absolute Gasteiger partial charge is 0.207 e. The summed E-state index contributed by atoms with van der Waals surface area (Å²) in [6, 6.07) is 11.9. The molecule has 0 unspecified atom stereocenters. The minimum absolute atomic E-state index is 0.0332. The van der Waals surface area contributed by atoms with E-state index in [0.29, 0.717) is 20.3 Å². The first-order chi connectivity index (χ1) is 13.1. The second-order valence-electron chi connectivity index (χ2n) is 5.83. The lowest BCUT2D eigenvalue weighted by atomic mass is 9.97. The van der Waals surface area contributed by atoms with Crippen molar-refractivity contribution in [2.45, 2.75) is 0 Å². The van der Waals surface area contributed by atoms with Gasteiger partial charge >= 0.3 is 0 Å². The molecule has 4 rings (SSSR count). The Morgan fingerprint density at radius 1 is 1.15 bits per heavy atom. The van der Waals surface area contributed by atoms with Crippen LogP contribution in [0.15, 0.2) is 47.6 Å². The Kier molecular flexibility index (Phi) is 4.55. The summed E-state index contributed by atoms with van der Waals surface area (Å²) < 4.78 is 11.7. The van der Waals surface area contributed by atoms with Crippen molar-refractivity contribution in [3.05, 3.63) is 73.1 Å². The summed E-state index contributed by atoms with van der Waals surface area (Å²) >= 11 is 6.41. The Hall–Kier alpha value is -2.90. The monoisotopic (exact) mass is 396 g/mol. The van der Waals surface area contributed by atoms with Crippen molar-refractivity contribution in [3.8, 4) is 17.4 Å². The van der Waals surface area contributed by atoms with E-state index in [1.165, 1.54) is 11.3 Å². The molecule has 0 atom stereocenters. The Morgan fingerprint density at radius 3 is 2.52 bits per heavy atom. The number of fused-ring (bicyclic) bond motifs is 1. The van der Waals surface area contributed by atoms with Gasteiger partial charge in [0.2, 0.25) is 5.88 Å². The zero-order valence-electron chi connectivity index (χ0n) is 14.6. The number of aromatic nitrogens is 1. The highest BCUT2D eigenvalue weighted by atomic mass is 32.1. The largest absolute Gasteiger partial charge is 0.496 e. The lowest BCUT2D eigenvalue weighted by Crippen LogP contribution is -2.29. The standard InChI is InChI=1S/C20H16N2O3S2/c1-24-14-9-15(25-2)17-13(11-6-4-3-5-7-11)10-21-18(17)12(14)8-16-19(23)22-20(26)27-16/h3-10,23H,1-2H3,(H,22,26). The maximum atomic E-state index is 10.1. The van der Waals surface area contributed by atoms with E-state index >= 15 is 0 Å². The number of H-pyrrole nitrogens is 1. The van der Waals surface area contributed by atoms with Gasteiger partial charge in [-0.15, -0.1) is 11.3 Å². The van der Waals surface area contributed by atoms with E-state index in [1.807, 2.05) is 48.7 Å². The van der Waals surface area contributed by atoms with Crippen LogP contribution in [-0.2, 0) is 0 Å². The molecule has 0 fully saturated rings. The number of ether oxygens (including phenoxy) is 2. The fourth-order valence-electron chi connectivity index (χ4n) is 3.09. The molecule has 0 amide bonds. The maximum Gasteiger partial charge on any atom is 0.207 e. The van der Waals surface area contributed by atoms with Gasteiger partial charge in [0.15, 0.2) is 3.95 Å². The van der Waals surface area contributed by atoms with Crippen LogP contribution in [0.3, 0.4) is 0 Å². The predicted octanol–water partition coefficient (Wildman–Crippen LogP) is 3.38. The van der Waals surface area contributed by atoms with Gasteiger partial charge < -0.3 is 19.6 Å². The molecule has 2 N–H and O–H groups in total. The van der Waals surface area contributed by atoms with Crippen molar-refractivity contribution in [1.29, 1.82) is 0 Å². The first kappa shape index (κ1) is 17.5. The minimum atomic E-state index is 0.0332. The molecule has 0 aliphatic carbocycles. The van der Waals surface area contributed by atoms with Gasteiger partial charge in [-0.05, 0) is 23.9 Å². The molecule has 0 saturated heterocycles. The predicted molar refractivity (Wildman–Crippen MR) is 109 cm³/mol. The first-order valence-electron chi connectivity index (χ1n) is 8.15. The third-order valence-corrected chi connectivity index (χ3v) is 5.49. The number of benzene rings is 2. The van der Waals surface area contributed by atoms with Gasteiger partial charge in [-0.2, -0.15) is 0 Å². The second kappa shape index (κ2) is 7.02. The number of thiazole rings is 1. The fourth-order valence-corrected chi connectivity index (χ4v) is 4.13. The van der Waals surface area contributed by atoms with Gasteiger partial charge in [-0.25, -0.2) is 0 Å². The molecule has 0 bridgehead atoms. The zero-order chi connectivity index (χ0) is 19.0. The third kappa shape index (κ3) is 3.05. The lowest BCUT2D eigenvalue weighted by molar-refractivity contribution is 0.390. The highest BCUT2D eigenvalue weighted by Gasteiger charge is 2.21. The molecular formula is C20H16N2O3S2. The van der Waals surface area contributed by atoms with E-state index in [2.05, 4.69) is 9.98 Å². The number of hydrogen-bond acceptors (Lipinski definition) is 6. The summed E-state index contributed by atoms with van der Waals surface area (Å²) in [5.74, 6) is 1.32. The number of hydrogen-bond donors (Lipinski definition) is 2. The third-order valence-electron chi connectivity index (χ3n) is 4.31. The number of methoxy groups -OCH3 is 2. The lowest BCUT2D eigenvalue weighted by Gasteiger charge is -2.12. The van der Waals surface area contributed by atoms with Gasteiger partial charge in [0.25, 0.3) is 0 Å². The van der Waals surface area contributed by atoms with Crippen LogP contribution in [0.2, 0.25) is 0 Å². The molecule has 2 aromatic carbocycles.